The van der Waals surface area contributed by atoms with Crippen LogP contribution in [0.1, 0.15) is 35.3 Å². The molecule has 0 saturated heterocycles. The molecule has 0 aliphatic heterocycles. The molecule has 110 valence electrons. The number of ether oxygens (including phenoxy) is 1. The molecular weight excluding hydrogens is 271 g/mol. The molecule has 5 heteroatoms. The second-order valence-corrected chi connectivity index (χ2v) is 4.55. The number of amides is 1. The van der Waals surface area contributed by atoms with Gasteiger partial charge < -0.3 is 10.1 Å². The summed E-state index contributed by atoms with van der Waals surface area (Å²) in [6.07, 6.45) is 2.01. The van der Waals surface area contributed by atoms with Crippen molar-refractivity contribution in [2.24, 2.45) is 0 Å². The Hall–Kier alpha value is -2.43. The van der Waals surface area contributed by atoms with Crippen LogP contribution < -0.4 is 10.1 Å². The molecule has 0 spiro atoms. The van der Waals surface area contributed by atoms with Crippen molar-refractivity contribution in [3.8, 4) is 5.75 Å². The van der Waals surface area contributed by atoms with Gasteiger partial charge in [0.2, 0.25) is 5.95 Å². The highest BCUT2D eigenvalue weighted by atomic mass is 19.1. The van der Waals surface area contributed by atoms with E-state index in [4.69, 9.17) is 4.74 Å². The van der Waals surface area contributed by atoms with Crippen molar-refractivity contribution in [3.05, 3.63) is 59.7 Å². The van der Waals surface area contributed by atoms with Crippen molar-refractivity contribution < 1.29 is 13.9 Å². The summed E-state index contributed by atoms with van der Waals surface area (Å²) >= 11 is 0. The first-order valence-electron chi connectivity index (χ1n) is 6.71. The topological polar surface area (TPSA) is 51.2 Å². The van der Waals surface area contributed by atoms with Crippen LogP contribution in [0.25, 0.3) is 0 Å². The summed E-state index contributed by atoms with van der Waals surface area (Å²) in [4.78, 5) is 15.6. The van der Waals surface area contributed by atoms with Gasteiger partial charge in [-0.25, -0.2) is 4.98 Å². The Morgan fingerprint density at radius 2 is 2.05 bits per heavy atom. The first-order chi connectivity index (χ1) is 10.2. The summed E-state index contributed by atoms with van der Waals surface area (Å²) in [6, 6.07) is 10.2. The van der Waals surface area contributed by atoms with Crippen LogP contribution >= 0.6 is 0 Å². The number of carbonyl (C=O) groups is 1. The standard InChI is InChI=1S/C16H17FN2O2/c1-3-14(11-6-8-12(21-2)9-7-11)19-16(20)13-5-4-10-18-15(13)17/h4-10,14H,3H2,1-2H3,(H,19,20). The van der Waals surface area contributed by atoms with Gasteiger partial charge in [0.15, 0.2) is 0 Å². The first kappa shape index (κ1) is 15.0. The molecule has 0 saturated carbocycles. The van der Waals surface area contributed by atoms with Gasteiger partial charge in [-0.05, 0) is 36.2 Å². The molecule has 2 rings (SSSR count). The minimum absolute atomic E-state index is 0.0514. The summed E-state index contributed by atoms with van der Waals surface area (Å²) in [5, 5.41) is 2.82. The lowest BCUT2D eigenvalue weighted by Crippen LogP contribution is -2.29. The molecule has 0 radical (unpaired) electrons. The van der Waals surface area contributed by atoms with Crippen LogP contribution in [0, 0.1) is 5.95 Å². The van der Waals surface area contributed by atoms with E-state index in [0.717, 1.165) is 11.3 Å². The van der Waals surface area contributed by atoms with Crippen LogP contribution in [0.4, 0.5) is 4.39 Å². The van der Waals surface area contributed by atoms with E-state index in [1.807, 2.05) is 31.2 Å². The lowest BCUT2D eigenvalue weighted by molar-refractivity contribution is 0.0930. The van der Waals surface area contributed by atoms with E-state index >= 15 is 0 Å². The summed E-state index contributed by atoms with van der Waals surface area (Å²) in [5.41, 5.74) is 0.889. The average molecular weight is 288 g/mol. The second kappa shape index (κ2) is 6.83. The number of methoxy groups -OCH3 is 1. The van der Waals surface area contributed by atoms with Crippen LogP contribution in [0.15, 0.2) is 42.6 Å². The number of hydrogen-bond acceptors (Lipinski definition) is 3. The van der Waals surface area contributed by atoms with Gasteiger partial charge in [-0.3, -0.25) is 4.79 Å². The zero-order valence-electron chi connectivity index (χ0n) is 12.0. The predicted molar refractivity (Wildman–Crippen MR) is 77.7 cm³/mol. The minimum atomic E-state index is -0.764. The number of pyridine rings is 1. The number of aromatic nitrogens is 1. The molecule has 1 atom stereocenters. The molecule has 1 unspecified atom stereocenters. The fourth-order valence-electron chi connectivity index (χ4n) is 2.05. The normalized spacial score (nSPS) is 11.8. The highest BCUT2D eigenvalue weighted by Gasteiger charge is 2.17. The maximum Gasteiger partial charge on any atom is 0.256 e. The van der Waals surface area contributed by atoms with Crippen molar-refractivity contribution in [1.82, 2.24) is 10.3 Å². The van der Waals surface area contributed by atoms with Gasteiger partial charge >= 0.3 is 0 Å². The third kappa shape index (κ3) is 3.56. The molecule has 0 aliphatic carbocycles. The Labute approximate surface area is 123 Å². The highest BCUT2D eigenvalue weighted by molar-refractivity contribution is 5.94. The SMILES string of the molecule is CCC(NC(=O)c1cccnc1F)c1ccc(OC)cc1. The highest BCUT2D eigenvalue weighted by Crippen LogP contribution is 2.20. The van der Waals surface area contributed by atoms with Crippen molar-refractivity contribution in [1.29, 1.82) is 0 Å². The lowest BCUT2D eigenvalue weighted by Gasteiger charge is -2.18. The second-order valence-electron chi connectivity index (χ2n) is 4.55. The third-order valence-corrected chi connectivity index (χ3v) is 3.24. The molecule has 0 aliphatic rings. The van der Waals surface area contributed by atoms with E-state index in [2.05, 4.69) is 10.3 Å². The summed E-state index contributed by atoms with van der Waals surface area (Å²) in [7, 11) is 1.60. The Bertz CT molecular complexity index is 614. The Kier molecular flexibility index (Phi) is 4.87. The van der Waals surface area contributed by atoms with Gasteiger partial charge in [0.25, 0.3) is 5.91 Å². The van der Waals surface area contributed by atoms with Crippen molar-refractivity contribution in [3.63, 3.8) is 0 Å². The van der Waals surface area contributed by atoms with Gasteiger partial charge in [0, 0.05) is 6.20 Å². The van der Waals surface area contributed by atoms with Gasteiger partial charge in [0.1, 0.15) is 5.75 Å². The van der Waals surface area contributed by atoms with E-state index in [0.29, 0.717) is 6.42 Å². The summed E-state index contributed by atoms with van der Waals surface area (Å²) < 4.78 is 18.6. The van der Waals surface area contributed by atoms with Crippen LogP contribution in [0.3, 0.4) is 0 Å². The van der Waals surface area contributed by atoms with Crippen LogP contribution in [0.2, 0.25) is 0 Å². The van der Waals surface area contributed by atoms with Crippen LogP contribution in [-0.4, -0.2) is 18.0 Å². The molecule has 2 aromatic rings. The van der Waals surface area contributed by atoms with Gasteiger partial charge in [-0.1, -0.05) is 19.1 Å². The molecule has 0 bridgehead atoms. The molecule has 1 aromatic heterocycles. The van der Waals surface area contributed by atoms with E-state index < -0.39 is 11.9 Å². The van der Waals surface area contributed by atoms with Crippen molar-refractivity contribution in [2.75, 3.05) is 7.11 Å². The Balaban J connectivity index is 2.15. The molecule has 21 heavy (non-hydrogen) atoms. The number of nitrogens with one attached hydrogen (secondary N) is 1. The summed E-state index contributed by atoms with van der Waals surface area (Å²) in [5.74, 6) is -0.485. The quantitative estimate of drug-likeness (QED) is 0.860. The number of rotatable bonds is 5. The molecular formula is C16H17FN2O2. The smallest absolute Gasteiger partial charge is 0.256 e. The third-order valence-electron chi connectivity index (χ3n) is 3.24. The lowest BCUT2D eigenvalue weighted by atomic mass is 10.0. The van der Waals surface area contributed by atoms with Gasteiger partial charge in [-0.15, -0.1) is 0 Å². The van der Waals surface area contributed by atoms with Crippen LogP contribution in [-0.2, 0) is 0 Å². The number of nitrogens with zero attached hydrogens (tertiary/aromatic N) is 1. The fourth-order valence-corrected chi connectivity index (χ4v) is 2.05. The van der Waals surface area contributed by atoms with E-state index in [9.17, 15) is 9.18 Å². The van der Waals surface area contributed by atoms with Gasteiger partial charge in [0.05, 0.1) is 18.7 Å². The number of halogens is 1. The molecule has 1 amide bonds. The molecule has 4 nitrogen and oxygen atoms in total. The van der Waals surface area contributed by atoms with E-state index in [1.165, 1.54) is 18.3 Å². The zero-order valence-corrected chi connectivity index (χ0v) is 12.0. The Morgan fingerprint density at radius 1 is 1.33 bits per heavy atom. The largest absolute Gasteiger partial charge is 0.497 e. The monoisotopic (exact) mass is 288 g/mol. The summed E-state index contributed by atoms with van der Waals surface area (Å²) in [6.45, 7) is 1.95. The average Bonchev–Trinajstić information content (AvgIpc) is 2.53. The number of hydrogen-bond donors (Lipinski definition) is 1. The Morgan fingerprint density at radius 3 is 2.62 bits per heavy atom. The first-order valence-corrected chi connectivity index (χ1v) is 6.71. The van der Waals surface area contributed by atoms with Crippen molar-refractivity contribution >= 4 is 5.91 Å². The minimum Gasteiger partial charge on any atom is -0.497 e. The zero-order chi connectivity index (χ0) is 15.2. The maximum absolute atomic E-state index is 13.5. The molecule has 1 N–H and O–H groups in total. The molecule has 0 fully saturated rings. The maximum atomic E-state index is 13.5. The number of carbonyl (C=O) groups excluding carboxylic acids is 1. The van der Waals surface area contributed by atoms with Gasteiger partial charge in [-0.2, -0.15) is 4.39 Å². The van der Waals surface area contributed by atoms with Crippen LogP contribution in [0.5, 0.6) is 5.75 Å². The fraction of sp³-hybridized carbons (Fsp3) is 0.250. The predicted octanol–water partition coefficient (Wildman–Crippen LogP) is 3.11. The molecule has 1 heterocycles. The molecule has 1 aromatic carbocycles. The number of benzene rings is 1. The van der Waals surface area contributed by atoms with E-state index in [1.54, 1.807) is 7.11 Å². The van der Waals surface area contributed by atoms with E-state index in [-0.39, 0.29) is 11.6 Å². The van der Waals surface area contributed by atoms with Crippen molar-refractivity contribution in [2.45, 2.75) is 19.4 Å².